The summed E-state index contributed by atoms with van der Waals surface area (Å²) in [6.07, 6.45) is 3.02. The van der Waals surface area contributed by atoms with Crippen LogP contribution < -0.4 is 4.74 Å². The van der Waals surface area contributed by atoms with E-state index in [-0.39, 0.29) is 11.3 Å². The summed E-state index contributed by atoms with van der Waals surface area (Å²) in [5.74, 6) is -9.56. The Balaban J connectivity index is 2.25. The molecule has 0 radical (unpaired) electrons. The van der Waals surface area contributed by atoms with Gasteiger partial charge in [0.25, 0.3) is 0 Å². The Labute approximate surface area is 168 Å². The van der Waals surface area contributed by atoms with Crippen molar-refractivity contribution in [2.45, 2.75) is 76.9 Å². The summed E-state index contributed by atoms with van der Waals surface area (Å²) < 4.78 is 52.9. The van der Waals surface area contributed by atoms with Gasteiger partial charge in [0.05, 0.1) is 5.56 Å². The molecule has 0 heterocycles. The molecule has 1 aliphatic carbocycles. The SMILES string of the molecule is CCC1(Oc2cc(C(=O)OC(C(C)C)C(F)(F)C(=O)O)ccc2F)CCCCC1. The molecule has 0 spiro atoms. The van der Waals surface area contributed by atoms with Gasteiger partial charge in [0.1, 0.15) is 5.60 Å². The van der Waals surface area contributed by atoms with Crippen molar-refractivity contribution in [3.05, 3.63) is 29.6 Å². The Morgan fingerprint density at radius 3 is 2.34 bits per heavy atom. The van der Waals surface area contributed by atoms with Crippen LogP contribution in [0.3, 0.4) is 0 Å². The molecule has 0 aliphatic heterocycles. The molecule has 1 fully saturated rings. The van der Waals surface area contributed by atoms with E-state index in [9.17, 15) is 22.8 Å². The van der Waals surface area contributed by atoms with Gasteiger partial charge < -0.3 is 14.6 Å². The minimum Gasteiger partial charge on any atom is -0.484 e. The van der Waals surface area contributed by atoms with Crippen molar-refractivity contribution in [1.29, 1.82) is 0 Å². The summed E-state index contributed by atoms with van der Waals surface area (Å²) in [7, 11) is 0. The molecule has 2 rings (SSSR count). The summed E-state index contributed by atoms with van der Waals surface area (Å²) >= 11 is 0. The number of carboxylic acids is 1. The van der Waals surface area contributed by atoms with Crippen LogP contribution in [0, 0.1) is 11.7 Å². The standard InChI is InChI=1S/C21H27F3O5/c1-4-20(10-6-5-7-11-20)29-16-12-14(8-9-15(16)22)18(25)28-17(13(2)3)21(23,24)19(26)27/h8-9,12-13,17H,4-7,10-11H2,1-3H3,(H,26,27). The second-order valence-electron chi connectivity index (χ2n) is 7.84. The molecule has 1 N–H and O–H groups in total. The van der Waals surface area contributed by atoms with E-state index in [1.807, 2.05) is 6.92 Å². The molecular weight excluding hydrogens is 389 g/mol. The zero-order valence-electron chi connectivity index (χ0n) is 16.8. The first kappa shape index (κ1) is 23.0. The van der Waals surface area contributed by atoms with E-state index in [4.69, 9.17) is 14.6 Å². The first-order valence-corrected chi connectivity index (χ1v) is 9.83. The van der Waals surface area contributed by atoms with Crippen molar-refractivity contribution in [3.8, 4) is 5.75 Å². The van der Waals surface area contributed by atoms with E-state index in [2.05, 4.69) is 0 Å². The molecule has 0 aromatic heterocycles. The Hall–Kier alpha value is -2.25. The van der Waals surface area contributed by atoms with Gasteiger partial charge in [-0.05, 0) is 56.2 Å². The Kier molecular flexibility index (Phi) is 7.19. The molecule has 1 aromatic rings. The number of carbonyl (C=O) groups excluding carboxylic acids is 1. The molecule has 8 heteroatoms. The molecule has 1 saturated carbocycles. The van der Waals surface area contributed by atoms with Crippen molar-refractivity contribution in [1.82, 2.24) is 0 Å². The van der Waals surface area contributed by atoms with Crippen molar-refractivity contribution in [2.75, 3.05) is 0 Å². The van der Waals surface area contributed by atoms with Crippen LogP contribution in [0.1, 0.15) is 69.7 Å². The van der Waals surface area contributed by atoms with E-state index in [0.717, 1.165) is 50.3 Å². The number of benzene rings is 1. The van der Waals surface area contributed by atoms with Crippen LogP contribution in [0.25, 0.3) is 0 Å². The average molecular weight is 416 g/mol. The van der Waals surface area contributed by atoms with Gasteiger partial charge in [0, 0.05) is 0 Å². The second-order valence-corrected chi connectivity index (χ2v) is 7.84. The summed E-state index contributed by atoms with van der Waals surface area (Å²) in [5.41, 5.74) is -0.714. The predicted molar refractivity (Wildman–Crippen MR) is 99.8 cm³/mol. The highest BCUT2D eigenvalue weighted by molar-refractivity contribution is 5.90. The van der Waals surface area contributed by atoms with Gasteiger partial charge in [-0.25, -0.2) is 14.0 Å². The topological polar surface area (TPSA) is 72.8 Å². The molecule has 1 atom stereocenters. The molecule has 0 amide bonds. The maximum absolute atomic E-state index is 14.3. The molecule has 162 valence electrons. The van der Waals surface area contributed by atoms with E-state index in [1.165, 1.54) is 13.8 Å². The number of esters is 1. The van der Waals surface area contributed by atoms with Crippen LogP contribution in [0.4, 0.5) is 13.2 Å². The number of rotatable bonds is 8. The highest BCUT2D eigenvalue weighted by Gasteiger charge is 2.51. The summed E-state index contributed by atoms with van der Waals surface area (Å²) in [5, 5.41) is 8.75. The maximum Gasteiger partial charge on any atom is 0.378 e. The second kappa shape index (κ2) is 9.05. The van der Waals surface area contributed by atoms with Gasteiger partial charge in [0.2, 0.25) is 0 Å². The lowest BCUT2D eigenvalue weighted by atomic mass is 9.82. The highest BCUT2D eigenvalue weighted by atomic mass is 19.3. The van der Waals surface area contributed by atoms with Crippen LogP contribution >= 0.6 is 0 Å². The van der Waals surface area contributed by atoms with Crippen LogP contribution in [0.5, 0.6) is 5.75 Å². The molecule has 0 bridgehead atoms. The zero-order chi connectivity index (χ0) is 21.8. The third kappa shape index (κ3) is 5.22. The maximum atomic E-state index is 14.3. The van der Waals surface area contributed by atoms with Gasteiger partial charge in [-0.2, -0.15) is 8.78 Å². The quantitative estimate of drug-likeness (QED) is 0.589. The van der Waals surface area contributed by atoms with Gasteiger partial charge in [-0.3, -0.25) is 0 Å². The number of carbonyl (C=O) groups is 2. The lowest BCUT2D eigenvalue weighted by Crippen LogP contribution is -2.47. The lowest BCUT2D eigenvalue weighted by Gasteiger charge is -2.37. The summed E-state index contributed by atoms with van der Waals surface area (Å²) in [6, 6.07) is 3.23. The van der Waals surface area contributed by atoms with Crippen LogP contribution in [-0.2, 0) is 9.53 Å². The number of aliphatic carboxylic acids is 1. The monoisotopic (exact) mass is 416 g/mol. The van der Waals surface area contributed by atoms with Gasteiger partial charge in [-0.1, -0.05) is 27.2 Å². The molecule has 0 saturated heterocycles. The molecule has 1 aromatic carbocycles. The third-order valence-corrected chi connectivity index (χ3v) is 5.38. The number of ether oxygens (including phenoxy) is 2. The van der Waals surface area contributed by atoms with E-state index in [0.29, 0.717) is 6.42 Å². The Morgan fingerprint density at radius 1 is 1.21 bits per heavy atom. The fourth-order valence-electron chi connectivity index (χ4n) is 3.60. The summed E-state index contributed by atoms with van der Waals surface area (Å²) in [6.45, 7) is 4.59. The van der Waals surface area contributed by atoms with E-state index < -0.39 is 41.3 Å². The minimum atomic E-state index is -4.25. The van der Waals surface area contributed by atoms with E-state index in [1.54, 1.807) is 0 Å². The van der Waals surface area contributed by atoms with Gasteiger partial charge >= 0.3 is 17.9 Å². The molecule has 5 nitrogen and oxygen atoms in total. The molecule has 1 unspecified atom stereocenters. The normalized spacial score (nSPS) is 17.6. The number of hydrogen-bond acceptors (Lipinski definition) is 4. The minimum absolute atomic E-state index is 0.144. The van der Waals surface area contributed by atoms with Crippen LogP contribution in [-0.4, -0.2) is 34.7 Å². The molecule has 29 heavy (non-hydrogen) atoms. The van der Waals surface area contributed by atoms with Crippen LogP contribution in [0.15, 0.2) is 18.2 Å². The van der Waals surface area contributed by atoms with Crippen LogP contribution in [0.2, 0.25) is 0 Å². The highest BCUT2D eigenvalue weighted by Crippen LogP contribution is 2.37. The molecular formula is C21H27F3O5. The van der Waals surface area contributed by atoms with Gasteiger partial charge in [0.15, 0.2) is 17.7 Å². The lowest BCUT2D eigenvalue weighted by molar-refractivity contribution is -0.187. The van der Waals surface area contributed by atoms with E-state index >= 15 is 0 Å². The van der Waals surface area contributed by atoms with Crippen molar-refractivity contribution >= 4 is 11.9 Å². The largest absolute Gasteiger partial charge is 0.484 e. The predicted octanol–water partition coefficient (Wildman–Crippen LogP) is 5.22. The number of halogens is 3. The number of carboxylic acid groups (broad SMARTS) is 1. The number of hydrogen-bond donors (Lipinski definition) is 1. The Morgan fingerprint density at radius 2 is 1.83 bits per heavy atom. The average Bonchev–Trinajstić information content (AvgIpc) is 2.67. The Bertz CT molecular complexity index is 742. The zero-order valence-corrected chi connectivity index (χ0v) is 16.8. The molecule has 1 aliphatic rings. The van der Waals surface area contributed by atoms with Crippen molar-refractivity contribution in [2.24, 2.45) is 5.92 Å². The first-order chi connectivity index (χ1) is 13.5. The first-order valence-electron chi connectivity index (χ1n) is 9.83. The van der Waals surface area contributed by atoms with Crippen molar-refractivity contribution in [3.63, 3.8) is 0 Å². The smallest absolute Gasteiger partial charge is 0.378 e. The third-order valence-electron chi connectivity index (χ3n) is 5.38. The van der Waals surface area contributed by atoms with Gasteiger partial charge in [-0.15, -0.1) is 0 Å². The number of alkyl halides is 2. The summed E-state index contributed by atoms with van der Waals surface area (Å²) in [4.78, 5) is 23.3. The van der Waals surface area contributed by atoms with Crippen molar-refractivity contribution < 1.29 is 37.3 Å². The fraction of sp³-hybridized carbons (Fsp3) is 0.619. The fourth-order valence-corrected chi connectivity index (χ4v) is 3.60.